The number of hydrogen-bond acceptors (Lipinski definition) is 10. The number of nitrogens with one attached hydrogen (secondary N) is 4. The fourth-order valence-electron chi connectivity index (χ4n) is 3.43. The van der Waals surface area contributed by atoms with E-state index in [-0.39, 0.29) is 49.0 Å². The molecule has 216 valence electrons. The number of allylic oxidation sites excluding steroid dienone is 2. The predicted octanol–water partition coefficient (Wildman–Crippen LogP) is 0.450. The molecule has 1 aliphatic rings. The molecule has 38 heavy (non-hydrogen) atoms. The number of ketones is 2. The van der Waals surface area contributed by atoms with Crippen LogP contribution in [-0.2, 0) is 24.0 Å². The van der Waals surface area contributed by atoms with Crippen molar-refractivity contribution in [2.24, 2.45) is 5.92 Å². The maximum Gasteiger partial charge on any atom is 0.239 e. The van der Waals surface area contributed by atoms with E-state index in [0.29, 0.717) is 25.8 Å². The lowest BCUT2D eigenvalue weighted by Crippen LogP contribution is -2.46. The van der Waals surface area contributed by atoms with Gasteiger partial charge < -0.3 is 26.2 Å². The molecule has 0 saturated carbocycles. The number of hydrogen-bond donors (Lipinski definition) is 6. The van der Waals surface area contributed by atoms with Gasteiger partial charge in [-0.3, -0.25) is 29.3 Å². The third kappa shape index (κ3) is 16.8. The second-order valence-electron chi connectivity index (χ2n) is 9.09. The molecule has 0 aromatic carbocycles. The minimum absolute atomic E-state index is 0.00289. The molecule has 2 atom stereocenters. The van der Waals surface area contributed by atoms with E-state index in [1.807, 2.05) is 6.92 Å². The molecule has 0 aromatic heterocycles. The Morgan fingerprint density at radius 2 is 1.50 bits per heavy atom. The first kappa shape index (κ1) is 34.1. The zero-order chi connectivity index (χ0) is 28.2. The van der Waals surface area contributed by atoms with Crippen LogP contribution >= 0.6 is 21.6 Å². The molecule has 0 saturated heterocycles. The molecule has 6 N–H and O–H groups in total. The molecule has 0 bridgehead atoms. The SMILES string of the molecule is CC(CO)SSCCCNC(O)CNC(=O)CNC(=O)CNC(=O)CCCCCCCC1C(=O)C=CC1=O. The van der Waals surface area contributed by atoms with Gasteiger partial charge in [0.05, 0.1) is 32.2 Å². The van der Waals surface area contributed by atoms with Crippen LogP contribution in [0.5, 0.6) is 0 Å². The van der Waals surface area contributed by atoms with Gasteiger partial charge in [-0.2, -0.15) is 0 Å². The zero-order valence-corrected chi connectivity index (χ0v) is 23.7. The third-order valence-corrected chi connectivity index (χ3v) is 8.62. The summed E-state index contributed by atoms with van der Waals surface area (Å²) in [6, 6.07) is 0. The minimum Gasteiger partial charge on any atom is -0.395 e. The quantitative estimate of drug-likeness (QED) is 0.0461. The molecule has 2 unspecified atom stereocenters. The Labute approximate surface area is 232 Å². The van der Waals surface area contributed by atoms with E-state index in [4.69, 9.17) is 5.11 Å². The Bertz CT molecular complexity index is 780. The molecule has 0 spiro atoms. The van der Waals surface area contributed by atoms with Crippen LogP contribution in [0.25, 0.3) is 0 Å². The lowest BCUT2D eigenvalue weighted by molar-refractivity contribution is -0.128. The Kier molecular flexibility index (Phi) is 18.8. The maximum absolute atomic E-state index is 11.9. The second-order valence-corrected chi connectivity index (χ2v) is 12.0. The number of aliphatic hydroxyl groups is 2. The molecule has 0 radical (unpaired) electrons. The number of carbonyl (C=O) groups excluding carboxylic acids is 5. The summed E-state index contributed by atoms with van der Waals surface area (Å²) < 4.78 is 0. The second kappa shape index (κ2) is 21.0. The summed E-state index contributed by atoms with van der Waals surface area (Å²) in [5.41, 5.74) is 0. The van der Waals surface area contributed by atoms with E-state index >= 15 is 0 Å². The number of unbranched alkanes of at least 4 members (excludes halogenated alkanes) is 4. The maximum atomic E-state index is 11.9. The van der Waals surface area contributed by atoms with Crippen molar-refractivity contribution in [2.75, 3.05) is 38.5 Å². The van der Waals surface area contributed by atoms with Crippen LogP contribution in [0, 0.1) is 5.92 Å². The first-order valence-electron chi connectivity index (χ1n) is 13.1. The highest BCUT2D eigenvalue weighted by Crippen LogP contribution is 2.26. The van der Waals surface area contributed by atoms with Crippen molar-refractivity contribution in [3.63, 3.8) is 0 Å². The van der Waals surface area contributed by atoms with Crippen molar-refractivity contribution in [3.8, 4) is 0 Å². The van der Waals surface area contributed by atoms with E-state index in [2.05, 4.69) is 21.3 Å². The summed E-state index contributed by atoms with van der Waals surface area (Å²) in [5.74, 6) is -1.02. The van der Waals surface area contributed by atoms with Gasteiger partial charge in [-0.1, -0.05) is 54.2 Å². The predicted molar refractivity (Wildman–Crippen MR) is 149 cm³/mol. The normalized spacial score (nSPS) is 14.9. The Morgan fingerprint density at radius 1 is 0.895 bits per heavy atom. The van der Waals surface area contributed by atoms with Gasteiger partial charge in [0.25, 0.3) is 0 Å². The highest BCUT2D eigenvalue weighted by molar-refractivity contribution is 8.76. The average molecular weight is 575 g/mol. The van der Waals surface area contributed by atoms with Crippen molar-refractivity contribution in [1.82, 2.24) is 21.3 Å². The molecule has 1 aliphatic carbocycles. The fourth-order valence-corrected chi connectivity index (χ4v) is 5.61. The van der Waals surface area contributed by atoms with Gasteiger partial charge in [-0.15, -0.1) is 0 Å². The van der Waals surface area contributed by atoms with Crippen molar-refractivity contribution in [1.29, 1.82) is 0 Å². The number of aliphatic hydroxyl groups excluding tert-OH is 2. The molecule has 1 rings (SSSR count). The van der Waals surface area contributed by atoms with Gasteiger partial charge in [0.1, 0.15) is 6.23 Å². The van der Waals surface area contributed by atoms with Crippen LogP contribution in [0.15, 0.2) is 12.2 Å². The Balaban J connectivity index is 1.95. The Hall–Kier alpha value is -1.93. The molecule has 0 fully saturated rings. The van der Waals surface area contributed by atoms with E-state index in [9.17, 15) is 29.1 Å². The lowest BCUT2D eigenvalue weighted by atomic mass is 9.96. The van der Waals surface area contributed by atoms with E-state index in [0.717, 1.165) is 37.9 Å². The number of amides is 3. The monoisotopic (exact) mass is 574 g/mol. The standard InChI is InChI=1S/C25H42N4O7S2/c1-18(17-30)38-37-13-7-12-26-23(34)14-28-25(36)16-29-24(35)15-27-22(33)9-6-4-2-3-5-8-19-20(31)10-11-21(19)32/h10-11,18-19,23,26,30,34H,2-9,12-17H2,1H3,(H,27,33)(H,28,36)(H,29,35). The van der Waals surface area contributed by atoms with E-state index < -0.39 is 24.0 Å². The largest absolute Gasteiger partial charge is 0.395 e. The summed E-state index contributed by atoms with van der Waals surface area (Å²) >= 11 is 0. The van der Waals surface area contributed by atoms with Gasteiger partial charge in [0.15, 0.2) is 11.6 Å². The highest BCUT2D eigenvalue weighted by Gasteiger charge is 2.26. The molecule has 0 aliphatic heterocycles. The van der Waals surface area contributed by atoms with Crippen LogP contribution < -0.4 is 21.3 Å². The van der Waals surface area contributed by atoms with Crippen LogP contribution in [0.4, 0.5) is 0 Å². The highest BCUT2D eigenvalue weighted by atomic mass is 33.1. The van der Waals surface area contributed by atoms with Crippen LogP contribution in [0.1, 0.15) is 58.3 Å². The topological polar surface area (TPSA) is 174 Å². The van der Waals surface area contributed by atoms with Crippen LogP contribution in [0.2, 0.25) is 0 Å². The van der Waals surface area contributed by atoms with Gasteiger partial charge in [-0.05, 0) is 38.0 Å². The van der Waals surface area contributed by atoms with Crippen molar-refractivity contribution < 1.29 is 34.2 Å². The summed E-state index contributed by atoms with van der Waals surface area (Å²) in [6.07, 6.45) is 7.58. The van der Waals surface area contributed by atoms with E-state index in [1.165, 1.54) is 12.2 Å². The fraction of sp³-hybridized carbons (Fsp3) is 0.720. The van der Waals surface area contributed by atoms with Gasteiger partial charge in [0, 0.05) is 17.4 Å². The zero-order valence-electron chi connectivity index (χ0n) is 22.0. The lowest BCUT2D eigenvalue weighted by Gasteiger charge is -2.14. The third-order valence-electron chi connectivity index (χ3n) is 5.65. The molecule has 3 amide bonds. The van der Waals surface area contributed by atoms with Gasteiger partial charge in [0.2, 0.25) is 17.7 Å². The van der Waals surface area contributed by atoms with E-state index in [1.54, 1.807) is 21.6 Å². The summed E-state index contributed by atoms with van der Waals surface area (Å²) in [6.45, 7) is 2.19. The summed E-state index contributed by atoms with van der Waals surface area (Å²) in [7, 11) is 3.28. The van der Waals surface area contributed by atoms with Crippen molar-refractivity contribution >= 4 is 50.9 Å². The van der Waals surface area contributed by atoms with Crippen LogP contribution in [-0.4, -0.2) is 89.5 Å². The van der Waals surface area contributed by atoms with Gasteiger partial charge in [-0.25, -0.2) is 0 Å². The molecular weight excluding hydrogens is 532 g/mol. The Morgan fingerprint density at radius 3 is 2.18 bits per heavy atom. The molecular formula is C25H42N4O7S2. The number of carbonyl (C=O) groups is 5. The number of rotatable bonds is 22. The van der Waals surface area contributed by atoms with Crippen LogP contribution in [0.3, 0.4) is 0 Å². The molecule has 11 nitrogen and oxygen atoms in total. The van der Waals surface area contributed by atoms with Crippen molar-refractivity contribution in [3.05, 3.63) is 12.2 Å². The molecule has 0 aromatic rings. The summed E-state index contributed by atoms with van der Waals surface area (Å²) in [4.78, 5) is 58.6. The summed E-state index contributed by atoms with van der Waals surface area (Å²) in [5, 5.41) is 29.4. The van der Waals surface area contributed by atoms with Gasteiger partial charge >= 0.3 is 0 Å². The smallest absolute Gasteiger partial charge is 0.239 e. The molecule has 13 heteroatoms. The van der Waals surface area contributed by atoms with Crippen molar-refractivity contribution in [2.45, 2.75) is 69.8 Å². The molecule has 0 heterocycles. The average Bonchev–Trinajstić information content (AvgIpc) is 3.22. The first-order chi connectivity index (χ1) is 18.2. The first-order valence-corrected chi connectivity index (χ1v) is 15.5. The minimum atomic E-state index is -0.902.